The minimum Gasteiger partial charge on any atom is -0.493 e. The van der Waals surface area contributed by atoms with Gasteiger partial charge in [0.2, 0.25) is 0 Å². The molecule has 0 amide bonds. The van der Waals surface area contributed by atoms with E-state index in [4.69, 9.17) is 10.5 Å². The molecule has 1 aliphatic carbocycles. The van der Waals surface area contributed by atoms with E-state index < -0.39 is 0 Å². The van der Waals surface area contributed by atoms with Crippen molar-refractivity contribution in [1.82, 2.24) is 9.78 Å². The number of hydrogen-bond acceptors (Lipinski definition) is 3. The van der Waals surface area contributed by atoms with Gasteiger partial charge in [0.25, 0.3) is 0 Å². The fourth-order valence-corrected chi connectivity index (χ4v) is 2.19. The molecule has 0 bridgehead atoms. The highest BCUT2D eigenvalue weighted by Crippen LogP contribution is 2.32. The van der Waals surface area contributed by atoms with Crippen LogP contribution in [0.25, 0.3) is 11.1 Å². The topological polar surface area (TPSA) is 53.1 Å². The van der Waals surface area contributed by atoms with E-state index in [0.717, 1.165) is 35.9 Å². The average molecular weight is 271 g/mol. The van der Waals surface area contributed by atoms with Crippen LogP contribution in [0.5, 0.6) is 5.75 Å². The Kier molecular flexibility index (Phi) is 3.74. The molecule has 20 heavy (non-hydrogen) atoms. The van der Waals surface area contributed by atoms with Crippen molar-refractivity contribution in [3.63, 3.8) is 0 Å². The van der Waals surface area contributed by atoms with Gasteiger partial charge in [0.05, 0.1) is 19.3 Å². The molecular formula is C16H21N3O. The van der Waals surface area contributed by atoms with Gasteiger partial charge < -0.3 is 10.5 Å². The summed E-state index contributed by atoms with van der Waals surface area (Å²) in [4.78, 5) is 0. The van der Waals surface area contributed by atoms with Crippen LogP contribution in [0.2, 0.25) is 0 Å². The van der Waals surface area contributed by atoms with Crippen molar-refractivity contribution in [2.75, 3.05) is 13.2 Å². The van der Waals surface area contributed by atoms with E-state index in [-0.39, 0.29) is 0 Å². The number of ether oxygens (including phenoxy) is 1. The third-order valence-corrected chi connectivity index (χ3v) is 3.68. The quantitative estimate of drug-likeness (QED) is 0.878. The minimum absolute atomic E-state index is 0.602. The molecule has 0 atom stereocenters. The summed E-state index contributed by atoms with van der Waals surface area (Å²) in [6.45, 7) is 4.28. The van der Waals surface area contributed by atoms with Gasteiger partial charge in [-0.1, -0.05) is 12.1 Å². The first-order chi connectivity index (χ1) is 9.76. The molecule has 2 aromatic rings. The summed E-state index contributed by atoms with van der Waals surface area (Å²) >= 11 is 0. The molecule has 1 fully saturated rings. The summed E-state index contributed by atoms with van der Waals surface area (Å²) in [5, 5.41) is 4.31. The Morgan fingerprint density at radius 2 is 2.20 bits per heavy atom. The molecule has 1 aromatic heterocycles. The first-order valence-corrected chi connectivity index (χ1v) is 7.22. The molecular weight excluding hydrogens is 250 g/mol. The van der Waals surface area contributed by atoms with E-state index in [0.29, 0.717) is 6.54 Å². The number of aryl methyl sites for hydroxylation is 1. The van der Waals surface area contributed by atoms with E-state index in [2.05, 4.69) is 30.2 Å². The van der Waals surface area contributed by atoms with Crippen molar-refractivity contribution in [3.05, 3.63) is 36.2 Å². The Hall–Kier alpha value is -1.81. The summed E-state index contributed by atoms with van der Waals surface area (Å²) in [6.07, 6.45) is 6.53. The molecule has 2 N–H and O–H groups in total. The Labute approximate surface area is 119 Å². The maximum atomic E-state index is 5.93. The molecule has 1 aliphatic rings. The molecule has 1 saturated carbocycles. The molecule has 106 valence electrons. The Balaban J connectivity index is 1.78. The van der Waals surface area contributed by atoms with Crippen molar-refractivity contribution in [2.45, 2.75) is 26.3 Å². The second-order valence-corrected chi connectivity index (χ2v) is 5.52. The number of nitrogens with zero attached hydrogens (tertiary/aromatic N) is 2. The van der Waals surface area contributed by atoms with Gasteiger partial charge in [0, 0.05) is 18.3 Å². The van der Waals surface area contributed by atoms with Crippen LogP contribution in [-0.2, 0) is 6.54 Å². The largest absolute Gasteiger partial charge is 0.493 e. The smallest absolute Gasteiger partial charge is 0.122 e. The molecule has 0 saturated heterocycles. The first-order valence-electron chi connectivity index (χ1n) is 7.22. The zero-order valence-corrected chi connectivity index (χ0v) is 11.9. The fourth-order valence-electron chi connectivity index (χ4n) is 2.19. The maximum absolute atomic E-state index is 5.93. The van der Waals surface area contributed by atoms with Crippen LogP contribution < -0.4 is 10.5 Å². The standard InChI is InChI=1S/C16H21N3O/c1-12-2-5-14(8-16(12)20-11-13-3-4-13)15-9-18-19(10-15)7-6-17/h2,5,8-10,13H,3-4,6-7,11,17H2,1H3. The van der Waals surface area contributed by atoms with Gasteiger partial charge in [-0.05, 0) is 42.9 Å². The summed E-state index contributed by atoms with van der Waals surface area (Å²) in [5.41, 5.74) is 8.98. The van der Waals surface area contributed by atoms with E-state index in [1.807, 2.05) is 17.1 Å². The SMILES string of the molecule is Cc1ccc(-c2cnn(CCN)c2)cc1OCC1CC1. The van der Waals surface area contributed by atoms with Crippen LogP contribution >= 0.6 is 0 Å². The summed E-state index contributed by atoms with van der Waals surface area (Å²) in [6, 6.07) is 6.34. The van der Waals surface area contributed by atoms with Gasteiger partial charge in [-0.15, -0.1) is 0 Å². The van der Waals surface area contributed by atoms with Crippen LogP contribution in [0.15, 0.2) is 30.6 Å². The monoisotopic (exact) mass is 271 g/mol. The molecule has 0 radical (unpaired) electrons. The Bertz CT molecular complexity index is 587. The molecule has 0 aliphatic heterocycles. The van der Waals surface area contributed by atoms with Gasteiger partial charge in [-0.3, -0.25) is 4.68 Å². The lowest BCUT2D eigenvalue weighted by Crippen LogP contribution is -2.09. The normalized spacial score (nSPS) is 14.5. The molecule has 0 spiro atoms. The van der Waals surface area contributed by atoms with E-state index >= 15 is 0 Å². The highest BCUT2D eigenvalue weighted by molar-refractivity contribution is 5.64. The minimum atomic E-state index is 0.602. The van der Waals surface area contributed by atoms with E-state index in [1.54, 1.807) is 0 Å². The zero-order chi connectivity index (χ0) is 13.9. The highest BCUT2D eigenvalue weighted by Gasteiger charge is 2.22. The number of hydrogen-bond donors (Lipinski definition) is 1. The van der Waals surface area contributed by atoms with Crippen LogP contribution in [0.3, 0.4) is 0 Å². The molecule has 4 heteroatoms. The third-order valence-electron chi connectivity index (χ3n) is 3.68. The van der Waals surface area contributed by atoms with Crippen LogP contribution in [-0.4, -0.2) is 22.9 Å². The van der Waals surface area contributed by atoms with Crippen molar-refractivity contribution in [3.8, 4) is 16.9 Å². The van der Waals surface area contributed by atoms with Crippen LogP contribution in [0.4, 0.5) is 0 Å². The predicted molar refractivity (Wildman–Crippen MR) is 79.7 cm³/mol. The molecule has 1 aromatic carbocycles. The zero-order valence-electron chi connectivity index (χ0n) is 11.9. The Morgan fingerprint density at radius 3 is 2.95 bits per heavy atom. The van der Waals surface area contributed by atoms with Gasteiger partial charge >= 0.3 is 0 Å². The highest BCUT2D eigenvalue weighted by atomic mass is 16.5. The van der Waals surface area contributed by atoms with Gasteiger partial charge in [-0.25, -0.2) is 0 Å². The van der Waals surface area contributed by atoms with Gasteiger partial charge in [-0.2, -0.15) is 5.10 Å². The number of nitrogens with two attached hydrogens (primary N) is 1. The van der Waals surface area contributed by atoms with Crippen molar-refractivity contribution in [1.29, 1.82) is 0 Å². The summed E-state index contributed by atoms with van der Waals surface area (Å²) in [5.74, 6) is 1.76. The molecule has 1 heterocycles. The first kappa shape index (κ1) is 13.2. The van der Waals surface area contributed by atoms with Gasteiger partial charge in [0.15, 0.2) is 0 Å². The molecule has 4 nitrogen and oxygen atoms in total. The fraction of sp³-hybridized carbons (Fsp3) is 0.438. The number of benzene rings is 1. The lowest BCUT2D eigenvalue weighted by molar-refractivity contribution is 0.298. The van der Waals surface area contributed by atoms with Crippen LogP contribution in [0, 0.1) is 12.8 Å². The summed E-state index contributed by atoms with van der Waals surface area (Å²) in [7, 11) is 0. The number of rotatable bonds is 6. The maximum Gasteiger partial charge on any atom is 0.122 e. The van der Waals surface area contributed by atoms with Gasteiger partial charge in [0.1, 0.15) is 5.75 Å². The lowest BCUT2D eigenvalue weighted by Gasteiger charge is -2.10. The second-order valence-electron chi connectivity index (χ2n) is 5.52. The van der Waals surface area contributed by atoms with Crippen molar-refractivity contribution < 1.29 is 4.74 Å². The van der Waals surface area contributed by atoms with E-state index in [9.17, 15) is 0 Å². The van der Waals surface area contributed by atoms with E-state index in [1.165, 1.54) is 18.4 Å². The average Bonchev–Trinajstić information content (AvgIpc) is 3.16. The van der Waals surface area contributed by atoms with Crippen molar-refractivity contribution >= 4 is 0 Å². The summed E-state index contributed by atoms with van der Waals surface area (Å²) < 4.78 is 7.80. The van der Waals surface area contributed by atoms with Crippen LogP contribution in [0.1, 0.15) is 18.4 Å². The third kappa shape index (κ3) is 3.02. The molecule has 3 rings (SSSR count). The van der Waals surface area contributed by atoms with Crippen molar-refractivity contribution in [2.24, 2.45) is 11.7 Å². The lowest BCUT2D eigenvalue weighted by atomic mass is 10.1. The second kappa shape index (κ2) is 5.67. The number of aromatic nitrogens is 2. The Morgan fingerprint density at radius 1 is 1.35 bits per heavy atom. The molecule has 0 unspecified atom stereocenters. The predicted octanol–water partition coefficient (Wildman–Crippen LogP) is 2.61.